The lowest BCUT2D eigenvalue weighted by atomic mass is 10.2. The van der Waals surface area contributed by atoms with E-state index in [1.165, 1.54) is 11.3 Å². The van der Waals surface area contributed by atoms with Gasteiger partial charge in [0.15, 0.2) is 10.1 Å². The summed E-state index contributed by atoms with van der Waals surface area (Å²) in [4.78, 5) is 16.8. The first-order valence-electron chi connectivity index (χ1n) is 7.60. The van der Waals surface area contributed by atoms with Crippen molar-refractivity contribution in [1.82, 2.24) is 15.2 Å². The summed E-state index contributed by atoms with van der Waals surface area (Å²) in [6, 6.07) is 6.93. The van der Waals surface area contributed by atoms with Crippen molar-refractivity contribution < 1.29 is 9.66 Å². The minimum atomic E-state index is -0.547. The van der Waals surface area contributed by atoms with Gasteiger partial charge in [-0.2, -0.15) is 0 Å². The topological polar surface area (TPSA) is 105 Å². The number of methoxy groups -OCH3 is 1. The van der Waals surface area contributed by atoms with E-state index in [1.54, 1.807) is 31.5 Å². The maximum absolute atomic E-state index is 11.5. The van der Waals surface area contributed by atoms with Crippen LogP contribution in [0.15, 0.2) is 52.3 Å². The smallest absolute Gasteiger partial charge is 0.430 e. The Morgan fingerprint density at radius 3 is 3.00 bits per heavy atom. The number of thiophene rings is 1. The van der Waals surface area contributed by atoms with Gasteiger partial charge < -0.3 is 25.1 Å². The highest BCUT2D eigenvalue weighted by atomic mass is 35.5. The van der Waals surface area contributed by atoms with Crippen LogP contribution < -0.4 is 10.1 Å². The van der Waals surface area contributed by atoms with E-state index in [0.717, 1.165) is 5.56 Å². The van der Waals surface area contributed by atoms with Gasteiger partial charge in [-0.15, -0.1) is 0 Å². The molecule has 0 spiro atoms. The molecule has 0 aliphatic carbocycles. The molecule has 0 bridgehead atoms. The number of azo groups is 1. The van der Waals surface area contributed by atoms with Crippen molar-refractivity contribution in [3.05, 3.63) is 62.9 Å². The van der Waals surface area contributed by atoms with Crippen molar-refractivity contribution in [2.45, 2.75) is 6.54 Å². The first kappa shape index (κ1) is 18.1. The molecule has 1 saturated heterocycles. The molecule has 2 aromatic rings. The summed E-state index contributed by atoms with van der Waals surface area (Å²) in [6.45, 7) is 1.64. The summed E-state index contributed by atoms with van der Waals surface area (Å²) in [5.41, 5.74) is 0.887. The SMILES string of the molecule is COc1ccc(/N=N/C(=C2/NCCN2Cc2ccc(Cl)nc2)[N+](=O)[O-])s1. The second-order valence-corrected chi connectivity index (χ2v) is 6.68. The normalized spacial score (nSPS) is 16.0. The molecule has 0 unspecified atom stereocenters. The van der Waals surface area contributed by atoms with Crippen molar-refractivity contribution >= 4 is 27.9 Å². The highest BCUT2D eigenvalue weighted by molar-refractivity contribution is 7.17. The van der Waals surface area contributed by atoms with Crippen LogP contribution in [0.4, 0.5) is 5.00 Å². The molecule has 1 aliphatic heterocycles. The third-order valence-corrected chi connectivity index (χ3v) is 4.70. The molecule has 1 aliphatic rings. The largest absolute Gasteiger partial charge is 0.487 e. The fraction of sp³-hybridized carbons (Fsp3) is 0.267. The number of nitrogens with zero attached hydrogens (tertiary/aromatic N) is 5. The molecule has 0 atom stereocenters. The van der Waals surface area contributed by atoms with Crippen molar-refractivity contribution in [2.75, 3.05) is 20.2 Å². The van der Waals surface area contributed by atoms with Crippen molar-refractivity contribution in [3.8, 4) is 5.06 Å². The lowest BCUT2D eigenvalue weighted by Gasteiger charge is -2.17. The Bertz CT molecular complexity index is 851. The summed E-state index contributed by atoms with van der Waals surface area (Å²) >= 11 is 7.04. The zero-order valence-electron chi connectivity index (χ0n) is 13.8. The van der Waals surface area contributed by atoms with Crippen LogP contribution in [0.3, 0.4) is 0 Å². The number of rotatable bonds is 6. The van der Waals surface area contributed by atoms with Gasteiger partial charge in [-0.05, 0) is 33.8 Å². The Morgan fingerprint density at radius 2 is 2.35 bits per heavy atom. The monoisotopic (exact) mass is 394 g/mol. The number of aromatic nitrogens is 1. The Hall–Kier alpha value is -2.72. The highest BCUT2D eigenvalue weighted by Crippen LogP contribution is 2.31. The summed E-state index contributed by atoms with van der Waals surface area (Å²) in [5.74, 6) is -0.00555. The predicted octanol–water partition coefficient (Wildman–Crippen LogP) is 3.40. The predicted molar refractivity (Wildman–Crippen MR) is 97.1 cm³/mol. The highest BCUT2D eigenvalue weighted by Gasteiger charge is 2.28. The maximum atomic E-state index is 11.5. The van der Waals surface area contributed by atoms with Gasteiger partial charge >= 0.3 is 5.82 Å². The van der Waals surface area contributed by atoms with E-state index in [4.69, 9.17) is 16.3 Å². The number of ether oxygens (including phenoxy) is 1. The molecule has 26 heavy (non-hydrogen) atoms. The van der Waals surface area contributed by atoms with E-state index < -0.39 is 4.92 Å². The minimum absolute atomic E-state index is 0.331. The maximum Gasteiger partial charge on any atom is 0.430 e. The number of pyridine rings is 1. The van der Waals surface area contributed by atoms with Crippen LogP contribution in [0.2, 0.25) is 5.15 Å². The molecule has 2 aromatic heterocycles. The lowest BCUT2D eigenvalue weighted by molar-refractivity contribution is -0.429. The van der Waals surface area contributed by atoms with Crippen molar-refractivity contribution in [3.63, 3.8) is 0 Å². The van der Waals surface area contributed by atoms with Gasteiger partial charge in [0, 0.05) is 25.8 Å². The van der Waals surface area contributed by atoms with Crippen LogP contribution in [-0.2, 0) is 6.54 Å². The number of halogens is 1. The standard InChI is InChI=1S/C15H15ClN6O3S/c1-25-13-5-4-12(26-13)19-20-15(22(23)24)14-17-6-7-21(14)9-10-2-3-11(16)18-8-10/h2-5,8,17H,6-7,9H2,1H3/b15-14+,20-19+. The molecule has 0 amide bonds. The molecular formula is C15H15ClN6O3S. The molecule has 136 valence electrons. The number of nitro groups is 1. The second kappa shape index (κ2) is 8.11. The second-order valence-electron chi connectivity index (χ2n) is 5.26. The average Bonchev–Trinajstić information content (AvgIpc) is 3.27. The molecule has 0 saturated carbocycles. The summed E-state index contributed by atoms with van der Waals surface area (Å²) in [5, 5.41) is 23.9. The van der Waals surface area contributed by atoms with Crippen molar-refractivity contribution in [2.24, 2.45) is 10.2 Å². The zero-order valence-corrected chi connectivity index (χ0v) is 15.3. The summed E-state index contributed by atoms with van der Waals surface area (Å²) < 4.78 is 5.08. The molecule has 0 aromatic carbocycles. The molecule has 3 heterocycles. The van der Waals surface area contributed by atoms with Gasteiger partial charge in [-0.1, -0.05) is 29.0 Å². The Kier molecular flexibility index (Phi) is 5.64. The van der Waals surface area contributed by atoms with E-state index >= 15 is 0 Å². The van der Waals surface area contributed by atoms with Crippen LogP contribution in [0.25, 0.3) is 0 Å². The third kappa shape index (κ3) is 4.27. The van der Waals surface area contributed by atoms with E-state index in [-0.39, 0.29) is 5.82 Å². The van der Waals surface area contributed by atoms with Crippen LogP contribution >= 0.6 is 22.9 Å². The van der Waals surface area contributed by atoms with Gasteiger partial charge in [-0.3, -0.25) is 0 Å². The van der Waals surface area contributed by atoms with E-state index in [2.05, 4.69) is 20.5 Å². The van der Waals surface area contributed by atoms with Gasteiger partial charge in [0.2, 0.25) is 5.82 Å². The quantitative estimate of drug-likeness (QED) is 0.348. The van der Waals surface area contributed by atoms with E-state index in [1.807, 2.05) is 11.0 Å². The van der Waals surface area contributed by atoms with Gasteiger partial charge in [0.25, 0.3) is 0 Å². The molecule has 1 N–H and O–H groups in total. The van der Waals surface area contributed by atoms with Gasteiger partial charge in [0.05, 0.1) is 12.2 Å². The number of hydrogen-bond donors (Lipinski definition) is 1. The Morgan fingerprint density at radius 1 is 1.50 bits per heavy atom. The van der Waals surface area contributed by atoms with Gasteiger partial charge in [0.1, 0.15) is 5.15 Å². The summed E-state index contributed by atoms with van der Waals surface area (Å²) in [6.07, 6.45) is 1.64. The first-order valence-corrected chi connectivity index (χ1v) is 8.80. The molecule has 1 fully saturated rings. The molecule has 11 heteroatoms. The third-order valence-electron chi connectivity index (χ3n) is 3.55. The molecular weight excluding hydrogens is 380 g/mol. The molecule has 0 radical (unpaired) electrons. The molecule has 9 nitrogen and oxygen atoms in total. The van der Waals surface area contributed by atoms with Crippen LogP contribution in [-0.4, -0.2) is 35.0 Å². The first-order chi connectivity index (χ1) is 12.6. The Balaban J connectivity index is 1.84. The van der Waals surface area contributed by atoms with Crippen LogP contribution in [0, 0.1) is 10.1 Å². The number of nitrogens with one attached hydrogen (secondary N) is 1. The fourth-order valence-corrected chi connectivity index (χ4v) is 3.13. The van der Waals surface area contributed by atoms with Crippen LogP contribution in [0.1, 0.15) is 5.56 Å². The Labute approximate surface area is 158 Å². The average molecular weight is 395 g/mol. The van der Waals surface area contributed by atoms with Crippen LogP contribution in [0.5, 0.6) is 5.06 Å². The molecule has 3 rings (SSSR count). The number of hydrogen-bond acceptors (Lipinski definition) is 9. The zero-order chi connectivity index (χ0) is 18.5. The lowest BCUT2D eigenvalue weighted by Crippen LogP contribution is -2.23. The minimum Gasteiger partial charge on any atom is -0.487 e. The summed E-state index contributed by atoms with van der Waals surface area (Å²) in [7, 11) is 1.54. The van der Waals surface area contributed by atoms with E-state index in [0.29, 0.717) is 40.7 Å². The van der Waals surface area contributed by atoms with Gasteiger partial charge in [-0.25, -0.2) is 4.98 Å². The van der Waals surface area contributed by atoms with Crippen molar-refractivity contribution in [1.29, 1.82) is 0 Å². The van der Waals surface area contributed by atoms with E-state index in [9.17, 15) is 10.1 Å². The fourth-order valence-electron chi connectivity index (χ4n) is 2.37.